The number of nitrogens with zero attached hydrogens (tertiary/aromatic N) is 1. The molecule has 0 bridgehead atoms. The van der Waals surface area contributed by atoms with Crippen molar-refractivity contribution in [3.05, 3.63) is 172 Å². The fraction of sp³-hybridized carbons (Fsp3) is 0.314. The Morgan fingerprint density at radius 3 is 1.85 bits per heavy atom. The minimum Gasteiger partial charge on any atom is -0.455 e. The summed E-state index contributed by atoms with van der Waals surface area (Å²) in [6.45, 7) is 33.5. The molecule has 0 saturated heterocycles. The maximum Gasteiger partial charge on any atom is 0.198 e. The quantitative estimate of drug-likeness (QED) is 0.179. The van der Waals surface area contributed by atoms with E-state index in [1.165, 1.54) is 135 Å². The third-order valence-corrected chi connectivity index (χ3v) is 19.0. The van der Waals surface area contributed by atoms with Crippen LogP contribution in [0.2, 0.25) is 0 Å². The third kappa shape index (κ3) is 6.15. The van der Waals surface area contributed by atoms with Crippen LogP contribution in [-0.2, 0) is 32.5 Å². The lowest BCUT2D eigenvalue weighted by molar-refractivity contribution is 0.331. The van der Waals surface area contributed by atoms with Crippen LogP contribution in [0.5, 0.6) is 0 Å². The molecule has 3 aliphatic carbocycles. The Bertz CT molecular complexity index is 4130. The van der Waals surface area contributed by atoms with Crippen molar-refractivity contribution in [2.45, 2.75) is 142 Å². The van der Waals surface area contributed by atoms with E-state index in [4.69, 9.17) is 4.42 Å². The van der Waals surface area contributed by atoms with E-state index >= 15 is 0 Å². The molecule has 4 aliphatic rings. The van der Waals surface area contributed by atoms with Gasteiger partial charge in [0, 0.05) is 49.6 Å². The lowest BCUT2D eigenvalue weighted by Gasteiger charge is -2.42. The molecule has 3 nitrogen and oxygen atoms in total. The minimum absolute atomic E-state index is 0.0435. The summed E-state index contributed by atoms with van der Waals surface area (Å²) in [4.78, 5) is 0. The second-order valence-corrected chi connectivity index (χ2v) is 27.3. The summed E-state index contributed by atoms with van der Waals surface area (Å²) in [6.07, 6.45) is 2.37. The molecule has 1 N–H and O–H groups in total. The molecule has 0 unspecified atom stereocenters. The monoisotopic (exact) mass is 965 g/mol. The number of para-hydroxylation sites is 1. The van der Waals surface area contributed by atoms with Crippen LogP contribution in [0, 0.1) is 0 Å². The Morgan fingerprint density at radius 1 is 0.514 bits per heavy atom. The molecule has 74 heavy (non-hydrogen) atoms. The second-order valence-electron chi connectivity index (χ2n) is 27.3. The van der Waals surface area contributed by atoms with Crippen LogP contribution in [0.25, 0.3) is 82.8 Å². The second kappa shape index (κ2) is 14.5. The summed E-state index contributed by atoms with van der Waals surface area (Å²) in [5.41, 5.74) is 29.5. The van der Waals surface area contributed by atoms with Crippen molar-refractivity contribution in [1.29, 1.82) is 0 Å². The van der Waals surface area contributed by atoms with Gasteiger partial charge in [-0.1, -0.05) is 175 Å². The number of aromatic nitrogens is 1. The molecule has 14 rings (SSSR count). The highest BCUT2D eigenvalue weighted by molar-refractivity contribution is 6.74. The first-order valence-electron chi connectivity index (χ1n) is 27.4. The number of furan rings is 1. The average Bonchev–Trinajstić information content (AvgIpc) is 4.09. The van der Waals surface area contributed by atoms with E-state index in [-0.39, 0.29) is 32.5 Å². The van der Waals surface area contributed by atoms with Gasteiger partial charge in [-0.3, -0.25) is 0 Å². The highest BCUT2D eigenvalue weighted by Crippen LogP contribution is 2.58. The highest BCUT2D eigenvalue weighted by Gasteiger charge is 2.44. The zero-order chi connectivity index (χ0) is 51.6. The van der Waals surface area contributed by atoms with Gasteiger partial charge in [0.15, 0.2) is 7.28 Å². The molecule has 2 aromatic heterocycles. The van der Waals surface area contributed by atoms with Crippen LogP contribution < -0.4 is 16.2 Å². The van der Waals surface area contributed by atoms with E-state index in [0.717, 1.165) is 35.2 Å². The molecule has 0 spiro atoms. The summed E-state index contributed by atoms with van der Waals surface area (Å²) in [5, 5.41) is 8.95. The number of hydrogen-bond donors (Lipinski definition) is 1. The first kappa shape index (κ1) is 45.8. The molecule has 4 heteroatoms. The Balaban J connectivity index is 1.14. The minimum atomic E-state index is -0.223. The topological polar surface area (TPSA) is 30.1 Å². The molecular formula is C70H69BN2O. The Hall–Kier alpha value is -6.78. The Morgan fingerprint density at radius 2 is 1.12 bits per heavy atom. The van der Waals surface area contributed by atoms with Gasteiger partial charge in [-0.25, -0.2) is 0 Å². The van der Waals surface area contributed by atoms with E-state index < -0.39 is 0 Å². The lowest BCUT2D eigenvalue weighted by Crippen LogP contribution is -2.38. The van der Waals surface area contributed by atoms with E-state index in [1.54, 1.807) is 0 Å². The van der Waals surface area contributed by atoms with Gasteiger partial charge < -0.3 is 14.3 Å². The van der Waals surface area contributed by atoms with Crippen LogP contribution in [0.3, 0.4) is 0 Å². The number of fused-ring (bicyclic) bond motifs is 16. The van der Waals surface area contributed by atoms with Gasteiger partial charge in [-0.2, -0.15) is 0 Å². The normalized spacial score (nSPS) is 17.2. The molecular weight excluding hydrogens is 896 g/mol. The molecule has 0 amide bonds. The first-order valence-corrected chi connectivity index (χ1v) is 27.4. The van der Waals surface area contributed by atoms with Gasteiger partial charge in [0.2, 0.25) is 0 Å². The average molecular weight is 965 g/mol. The lowest BCUT2D eigenvalue weighted by atomic mass is 9.57. The van der Waals surface area contributed by atoms with E-state index in [9.17, 15) is 0 Å². The predicted octanol–water partition coefficient (Wildman–Crippen LogP) is 17.4. The molecule has 3 heterocycles. The number of nitrogens with one attached hydrogen (secondary N) is 1. The molecule has 368 valence electrons. The molecule has 0 radical (unpaired) electrons. The number of anilines is 2. The Labute approximate surface area is 438 Å². The molecule has 10 aromatic rings. The Kier molecular flexibility index (Phi) is 9.00. The maximum atomic E-state index is 7.39. The largest absolute Gasteiger partial charge is 0.455 e. The fourth-order valence-electron chi connectivity index (χ4n) is 14.4. The van der Waals surface area contributed by atoms with E-state index in [2.05, 4.69) is 234 Å². The number of hydrogen-bond acceptors (Lipinski definition) is 2. The number of rotatable bonds is 3. The van der Waals surface area contributed by atoms with Crippen molar-refractivity contribution in [3.8, 4) is 39.1 Å². The van der Waals surface area contributed by atoms with E-state index in [1.807, 2.05) is 0 Å². The van der Waals surface area contributed by atoms with Gasteiger partial charge in [-0.15, -0.1) is 0 Å². The molecule has 0 fully saturated rings. The first-order chi connectivity index (χ1) is 34.9. The van der Waals surface area contributed by atoms with Gasteiger partial charge >= 0.3 is 0 Å². The van der Waals surface area contributed by atoms with Crippen LogP contribution in [-0.4, -0.2) is 11.8 Å². The molecule has 0 atom stereocenters. The highest BCUT2D eigenvalue weighted by atomic mass is 16.3. The van der Waals surface area contributed by atoms with Crippen molar-refractivity contribution in [2.75, 3.05) is 5.32 Å². The molecule has 8 aromatic carbocycles. The van der Waals surface area contributed by atoms with Crippen molar-refractivity contribution < 1.29 is 4.42 Å². The van der Waals surface area contributed by atoms with Crippen LogP contribution in [0.1, 0.15) is 154 Å². The van der Waals surface area contributed by atoms with Crippen LogP contribution >= 0.6 is 0 Å². The molecule has 1 aliphatic heterocycles. The van der Waals surface area contributed by atoms with E-state index in [0.29, 0.717) is 0 Å². The van der Waals surface area contributed by atoms with Gasteiger partial charge in [-0.05, 0) is 167 Å². The summed E-state index contributed by atoms with van der Waals surface area (Å²) in [5.74, 6) is 0. The zero-order valence-electron chi connectivity index (χ0n) is 46.1. The van der Waals surface area contributed by atoms with Crippen LogP contribution in [0.15, 0.2) is 132 Å². The summed E-state index contributed by atoms with van der Waals surface area (Å²) in [7, 11) is 0.786. The van der Waals surface area contributed by atoms with Crippen molar-refractivity contribution in [1.82, 2.24) is 4.57 Å². The van der Waals surface area contributed by atoms with Crippen molar-refractivity contribution in [2.24, 2.45) is 0 Å². The zero-order valence-corrected chi connectivity index (χ0v) is 46.1. The van der Waals surface area contributed by atoms with Crippen LogP contribution in [0.4, 0.5) is 11.4 Å². The van der Waals surface area contributed by atoms with Crippen molar-refractivity contribution in [3.63, 3.8) is 0 Å². The fourth-order valence-corrected chi connectivity index (χ4v) is 14.4. The summed E-state index contributed by atoms with van der Waals surface area (Å²) < 4.78 is 10.0. The van der Waals surface area contributed by atoms with Gasteiger partial charge in [0.05, 0.1) is 16.4 Å². The summed E-state index contributed by atoms with van der Waals surface area (Å²) >= 11 is 0. The van der Waals surface area contributed by atoms with Gasteiger partial charge in [0.1, 0.15) is 11.2 Å². The summed E-state index contributed by atoms with van der Waals surface area (Å²) in [6, 6.07) is 49.8. The number of benzene rings is 8. The maximum absolute atomic E-state index is 7.39. The smallest absolute Gasteiger partial charge is 0.198 e. The van der Waals surface area contributed by atoms with Crippen molar-refractivity contribution >= 4 is 73.3 Å². The van der Waals surface area contributed by atoms with Gasteiger partial charge in [0.25, 0.3) is 0 Å². The third-order valence-electron chi connectivity index (χ3n) is 19.0. The standard InChI is InChI=1S/C70H69BN2O/c1-65(2,3)38-23-26-40(27-24-38)72-55-37-51-43(44-33-52-53(35-49(44)70(51,13)14)68(9,10)30-29-67(52,7)8)32-46(55)59-60-42-20-16-18-22-58(42)74-64(60)61-47-31-39(66(4,5)6)25-28-56(47)73-57-34-45-41-19-15-17-21-48(41)69(11,12)50(45)36-54(57)71-62(59)63(61)73/h15-28,31-37,71-72H,29-30H2,1-14H3. The molecule has 0 saturated carbocycles. The predicted molar refractivity (Wildman–Crippen MR) is 317 cm³/mol. The SMILES string of the molecule is CC(C)(C)c1ccc(Nc2cc3c(cc2-c2c4c5c(c6cc(C(C)(C)C)ccc6n5-c5cc6c(cc5B4)C(C)(C)c4ccccc4-6)c4oc5ccccc5c24)-c2cc4c(cc2C3(C)C)C(C)(C)CCC4(C)C)cc1.